The molecule has 2 aliphatic carbocycles. The smallest absolute Gasteiger partial charge is 0.369 e. The number of hydrogen-bond acceptors (Lipinski definition) is 8. The molecule has 0 bridgehead atoms. The van der Waals surface area contributed by atoms with E-state index in [0.717, 1.165) is 55.1 Å². The third-order valence-electron chi connectivity index (χ3n) is 12.1. The lowest BCUT2D eigenvalue weighted by molar-refractivity contribution is -0.142. The SMILES string of the molecule is C[C@H]1C2[C@H]1c1c(C(F)(F)F)nn(CC(=O)N[C@@H](Cc3cc(F)cc(F)c3)c3nc4nc(-c5ccc(N6CCNCC6)cc5)sc4cc3-c3ccc4c(c3)C(=O)NC4)c1C2(F)F. The van der Waals surface area contributed by atoms with Crippen molar-refractivity contribution in [1.82, 2.24) is 35.7 Å². The van der Waals surface area contributed by atoms with Gasteiger partial charge in [0.05, 0.1) is 16.4 Å². The number of benzene rings is 3. The number of nitrogens with zero attached hydrogens (tertiary/aromatic N) is 5. The van der Waals surface area contributed by atoms with E-state index in [2.05, 4.69) is 25.9 Å². The maximum absolute atomic E-state index is 15.7. The summed E-state index contributed by atoms with van der Waals surface area (Å²) in [5.41, 5.74) is 1.47. The van der Waals surface area contributed by atoms with Crippen LogP contribution in [-0.4, -0.2) is 57.7 Å². The Kier molecular flexibility index (Phi) is 9.24. The van der Waals surface area contributed by atoms with Gasteiger partial charge in [0, 0.05) is 78.6 Å². The molecule has 0 spiro atoms. The zero-order chi connectivity index (χ0) is 42.5. The van der Waals surface area contributed by atoms with Gasteiger partial charge in [0.2, 0.25) is 5.91 Å². The van der Waals surface area contributed by atoms with Crippen molar-refractivity contribution in [2.75, 3.05) is 31.1 Å². The van der Waals surface area contributed by atoms with Gasteiger partial charge in [-0.25, -0.2) is 18.7 Å². The Morgan fingerprint density at radius 3 is 2.41 bits per heavy atom. The average molecular weight is 861 g/mol. The van der Waals surface area contributed by atoms with Gasteiger partial charge in [0.25, 0.3) is 11.8 Å². The molecule has 0 radical (unpaired) electrons. The molecule has 61 heavy (non-hydrogen) atoms. The van der Waals surface area contributed by atoms with E-state index in [1.54, 1.807) is 24.3 Å². The maximum atomic E-state index is 15.7. The molecule has 3 aromatic heterocycles. The van der Waals surface area contributed by atoms with Crippen molar-refractivity contribution in [2.24, 2.45) is 11.8 Å². The number of piperazine rings is 1. The number of anilines is 1. The fourth-order valence-corrected chi connectivity index (χ4v) is 10.2. The molecule has 4 aliphatic rings. The predicted molar refractivity (Wildman–Crippen MR) is 212 cm³/mol. The van der Waals surface area contributed by atoms with Gasteiger partial charge in [-0.1, -0.05) is 19.1 Å². The number of hydrogen-bond donors (Lipinski definition) is 3. The van der Waals surface area contributed by atoms with Crippen molar-refractivity contribution >= 4 is 39.2 Å². The van der Waals surface area contributed by atoms with Crippen LogP contribution in [0.1, 0.15) is 63.0 Å². The number of pyridine rings is 1. The molecule has 1 unspecified atom stereocenters. The highest BCUT2D eigenvalue weighted by Crippen LogP contribution is 2.71. The van der Waals surface area contributed by atoms with E-state index in [9.17, 15) is 31.5 Å². The summed E-state index contributed by atoms with van der Waals surface area (Å²) in [7, 11) is 0. The molecule has 1 saturated carbocycles. The Morgan fingerprint density at radius 2 is 1.69 bits per heavy atom. The topological polar surface area (TPSA) is 117 Å². The van der Waals surface area contributed by atoms with Crippen LogP contribution < -0.4 is 20.9 Å². The van der Waals surface area contributed by atoms with E-state index in [4.69, 9.17) is 9.97 Å². The molecule has 1 saturated heterocycles. The number of carbonyl (C=O) groups excluding carboxylic acids is 2. The fourth-order valence-electron chi connectivity index (χ4n) is 9.26. The lowest BCUT2D eigenvalue weighted by Gasteiger charge is -2.29. The van der Waals surface area contributed by atoms with Crippen LogP contribution in [-0.2, 0) is 36.4 Å². The van der Waals surface area contributed by atoms with Crippen molar-refractivity contribution in [3.63, 3.8) is 0 Å². The molecular formula is C43H35F7N8O2S. The van der Waals surface area contributed by atoms with Gasteiger partial charge in [-0.05, 0) is 77.6 Å². The molecule has 2 fully saturated rings. The lowest BCUT2D eigenvalue weighted by atomic mass is 9.93. The number of fused-ring (bicyclic) bond motifs is 5. The zero-order valence-electron chi connectivity index (χ0n) is 32.2. The molecule has 18 heteroatoms. The Labute approximate surface area is 347 Å². The van der Waals surface area contributed by atoms with Crippen molar-refractivity contribution in [3.05, 3.63) is 118 Å². The molecule has 10 nitrogen and oxygen atoms in total. The summed E-state index contributed by atoms with van der Waals surface area (Å²) in [4.78, 5) is 38.9. The number of carbonyl (C=O) groups is 2. The summed E-state index contributed by atoms with van der Waals surface area (Å²) in [6, 6.07) is 16.5. The van der Waals surface area contributed by atoms with E-state index < -0.39 is 76.9 Å². The minimum atomic E-state index is -5.05. The number of alkyl halides is 5. The van der Waals surface area contributed by atoms with Crippen LogP contribution in [0.2, 0.25) is 0 Å². The summed E-state index contributed by atoms with van der Waals surface area (Å²) < 4.78 is 104. The third-order valence-corrected chi connectivity index (χ3v) is 13.2. The predicted octanol–water partition coefficient (Wildman–Crippen LogP) is 7.73. The molecule has 2 amide bonds. The normalized spacial score (nSPS) is 20.6. The first-order valence-electron chi connectivity index (χ1n) is 19.7. The summed E-state index contributed by atoms with van der Waals surface area (Å²) in [6.45, 7) is 4.25. The molecular weight excluding hydrogens is 826 g/mol. The minimum absolute atomic E-state index is 0.0902. The molecule has 6 aromatic rings. The molecule has 5 heterocycles. The minimum Gasteiger partial charge on any atom is -0.369 e. The van der Waals surface area contributed by atoms with E-state index in [0.29, 0.717) is 43.7 Å². The van der Waals surface area contributed by atoms with E-state index in [-0.39, 0.29) is 29.2 Å². The standard InChI is InChI=1S/C43H35F7N8O2S/c1-20-33-34-37(43(48,49)50)56-58(38(34)42(46,47)35(20)33)19-32(59)53-30(14-21-12-25(44)16-26(45)13-21)36-28(23-2-3-24-18-52-40(60)29(24)15-23)17-31-39(54-36)55-41(61-31)22-4-6-27(7-5-22)57-10-8-51-9-11-57/h2-7,12-13,15-17,20,30,33,35,51H,8-11,14,18-19H2,1H3,(H,52,60)(H,53,59)/t20-,30+,33-,35?/m1/s1. The average Bonchev–Trinajstić information content (AvgIpc) is 3.59. The number of aromatic nitrogens is 4. The summed E-state index contributed by atoms with van der Waals surface area (Å²) in [5, 5.41) is 13.0. The number of thiazole rings is 1. The van der Waals surface area contributed by atoms with Gasteiger partial charge in [-0.3, -0.25) is 14.3 Å². The van der Waals surface area contributed by atoms with Crippen molar-refractivity contribution < 1.29 is 40.3 Å². The van der Waals surface area contributed by atoms with Crippen molar-refractivity contribution in [1.29, 1.82) is 0 Å². The molecule has 4 atom stereocenters. The first-order chi connectivity index (χ1) is 29.1. The molecule has 3 aromatic carbocycles. The van der Waals surface area contributed by atoms with E-state index >= 15 is 8.78 Å². The number of nitrogens with one attached hydrogen (secondary N) is 3. The molecule has 314 valence electrons. The van der Waals surface area contributed by atoms with Gasteiger partial charge in [-0.2, -0.15) is 27.1 Å². The van der Waals surface area contributed by atoms with Crippen LogP contribution in [0, 0.1) is 23.5 Å². The van der Waals surface area contributed by atoms with Gasteiger partial charge in [0.15, 0.2) is 11.3 Å². The highest BCUT2D eigenvalue weighted by atomic mass is 32.1. The van der Waals surface area contributed by atoms with Crippen LogP contribution in [0.25, 0.3) is 32.0 Å². The van der Waals surface area contributed by atoms with Crippen molar-refractivity contribution in [3.8, 4) is 21.7 Å². The number of halogens is 7. The highest BCUT2D eigenvalue weighted by Gasteiger charge is 2.72. The largest absolute Gasteiger partial charge is 0.435 e. The second kappa shape index (κ2) is 14.4. The molecule has 3 N–H and O–H groups in total. The van der Waals surface area contributed by atoms with Crippen LogP contribution in [0.5, 0.6) is 0 Å². The molecule has 10 rings (SSSR count). The van der Waals surface area contributed by atoms with E-state index in [1.165, 1.54) is 18.3 Å². The summed E-state index contributed by atoms with van der Waals surface area (Å²) in [5.74, 6) is -9.85. The van der Waals surface area contributed by atoms with Crippen LogP contribution in [0.3, 0.4) is 0 Å². The summed E-state index contributed by atoms with van der Waals surface area (Å²) >= 11 is 1.35. The lowest BCUT2D eigenvalue weighted by Crippen LogP contribution is -2.43. The number of amides is 2. The van der Waals surface area contributed by atoms with Crippen molar-refractivity contribution in [2.45, 2.75) is 50.5 Å². The quantitative estimate of drug-likeness (QED) is 0.128. The second-order valence-electron chi connectivity index (χ2n) is 16.0. The van der Waals surface area contributed by atoms with Gasteiger partial charge < -0.3 is 20.9 Å². The Balaban J connectivity index is 1.07. The summed E-state index contributed by atoms with van der Waals surface area (Å²) in [6.07, 6.45) is -5.34. The van der Waals surface area contributed by atoms with Crippen LogP contribution in [0.4, 0.5) is 36.4 Å². The van der Waals surface area contributed by atoms with Gasteiger partial charge in [-0.15, -0.1) is 11.3 Å². The Hall–Kier alpha value is -5.88. The second-order valence-corrected chi connectivity index (χ2v) is 17.0. The van der Waals surface area contributed by atoms with Crippen LogP contribution >= 0.6 is 11.3 Å². The van der Waals surface area contributed by atoms with Gasteiger partial charge in [0.1, 0.15) is 28.9 Å². The monoisotopic (exact) mass is 860 g/mol. The zero-order valence-corrected chi connectivity index (χ0v) is 33.0. The highest BCUT2D eigenvalue weighted by molar-refractivity contribution is 7.21. The third kappa shape index (κ3) is 6.89. The Bertz CT molecular complexity index is 2740. The van der Waals surface area contributed by atoms with Crippen LogP contribution in [0.15, 0.2) is 66.7 Å². The van der Waals surface area contributed by atoms with E-state index in [1.807, 2.05) is 24.3 Å². The fraction of sp³-hybridized carbons (Fsp3) is 0.326. The number of rotatable bonds is 9. The maximum Gasteiger partial charge on any atom is 0.435 e. The van der Waals surface area contributed by atoms with Gasteiger partial charge >= 0.3 is 6.18 Å². The first-order valence-corrected chi connectivity index (χ1v) is 20.6. The Morgan fingerprint density at radius 1 is 0.967 bits per heavy atom. The molecule has 2 aliphatic heterocycles. The first kappa shape index (κ1) is 39.3.